The number of aliphatic hydroxyl groups is 4. The van der Waals surface area contributed by atoms with Crippen LogP contribution in [0.25, 0.3) is 0 Å². The van der Waals surface area contributed by atoms with Gasteiger partial charge in [0.15, 0.2) is 0 Å². The van der Waals surface area contributed by atoms with Crippen LogP contribution in [0, 0.1) is 19.3 Å². The normalized spacial score (nSPS) is 13.5. The highest BCUT2D eigenvalue weighted by Crippen LogP contribution is 2.52. The maximum absolute atomic E-state index is 12.8. The largest absolute Gasteiger partial charge is 0.395 e. The lowest BCUT2D eigenvalue weighted by atomic mass is 9.59. The highest BCUT2D eigenvalue weighted by molar-refractivity contribution is 5.55. The second-order valence-corrected chi connectivity index (χ2v) is 11.0. The van der Waals surface area contributed by atoms with Gasteiger partial charge in [-0.3, -0.25) is 0 Å². The van der Waals surface area contributed by atoms with E-state index in [0.717, 1.165) is 22.3 Å². The smallest absolute Gasteiger partial charge is 0.128 e. The van der Waals surface area contributed by atoms with Gasteiger partial charge in [0.25, 0.3) is 0 Å². The summed E-state index contributed by atoms with van der Waals surface area (Å²) in [5, 5.41) is 44.4. The predicted molar refractivity (Wildman–Crippen MR) is 126 cm³/mol. The molecule has 2 rings (SSSR count). The second kappa shape index (κ2) is 8.67. The van der Waals surface area contributed by atoms with Crippen LogP contribution in [0.5, 0.6) is 0 Å². The van der Waals surface area contributed by atoms with Gasteiger partial charge in [0.1, 0.15) is 5.60 Å². The molecule has 0 heterocycles. The minimum Gasteiger partial charge on any atom is -0.395 e. The Balaban J connectivity index is 3.21. The fourth-order valence-electron chi connectivity index (χ4n) is 4.69. The van der Waals surface area contributed by atoms with Crippen LogP contribution in [0.2, 0.25) is 0 Å². The Morgan fingerprint density at radius 1 is 0.613 bits per heavy atom. The number of rotatable bonds is 6. The summed E-state index contributed by atoms with van der Waals surface area (Å²) in [7, 11) is 0. The number of benzene rings is 2. The van der Waals surface area contributed by atoms with E-state index in [1.54, 1.807) is 0 Å². The number of hydrogen-bond donors (Lipinski definition) is 4. The highest BCUT2D eigenvalue weighted by Gasteiger charge is 2.56. The lowest BCUT2D eigenvalue weighted by molar-refractivity contribution is -0.137. The molecule has 4 heteroatoms. The Bertz CT molecular complexity index is 840. The SMILES string of the molecule is Cc1cccc(C(C)(C)C)c1C(O)(c1c(C)cccc1C(C)(C)C)C(CO)(CO)CO. The summed E-state index contributed by atoms with van der Waals surface area (Å²) in [5.41, 5.74) is 0.751. The second-order valence-electron chi connectivity index (χ2n) is 11.0. The summed E-state index contributed by atoms with van der Waals surface area (Å²) in [5.74, 6) is 0. The molecule has 172 valence electrons. The van der Waals surface area contributed by atoms with E-state index in [0.29, 0.717) is 11.1 Å². The topological polar surface area (TPSA) is 80.9 Å². The number of aliphatic hydroxyl groups excluding tert-OH is 3. The van der Waals surface area contributed by atoms with Crippen molar-refractivity contribution >= 4 is 0 Å². The maximum Gasteiger partial charge on any atom is 0.128 e. The zero-order chi connectivity index (χ0) is 23.8. The molecule has 31 heavy (non-hydrogen) atoms. The molecule has 0 saturated carbocycles. The van der Waals surface area contributed by atoms with Crippen LogP contribution in [0.4, 0.5) is 0 Å². The molecular formula is C27H40O4. The van der Waals surface area contributed by atoms with Gasteiger partial charge < -0.3 is 20.4 Å². The summed E-state index contributed by atoms with van der Waals surface area (Å²) >= 11 is 0. The first-order valence-electron chi connectivity index (χ1n) is 11.0. The molecule has 2 aromatic carbocycles. The number of aryl methyl sites for hydroxylation is 2. The Morgan fingerprint density at radius 2 is 0.935 bits per heavy atom. The molecule has 0 spiro atoms. The first-order chi connectivity index (χ1) is 14.2. The van der Waals surface area contributed by atoms with Gasteiger partial charge in [0.05, 0.1) is 25.2 Å². The number of hydrogen-bond acceptors (Lipinski definition) is 4. The first kappa shape index (κ1) is 25.5. The molecule has 0 aliphatic rings. The van der Waals surface area contributed by atoms with E-state index in [4.69, 9.17) is 0 Å². The summed E-state index contributed by atoms with van der Waals surface area (Å²) < 4.78 is 0. The third kappa shape index (κ3) is 4.19. The van der Waals surface area contributed by atoms with Crippen LogP contribution in [0.1, 0.15) is 74.9 Å². The molecule has 2 aromatic rings. The van der Waals surface area contributed by atoms with Crippen LogP contribution in [0.15, 0.2) is 36.4 Å². The monoisotopic (exact) mass is 428 g/mol. The molecule has 0 aliphatic heterocycles. The Hall–Kier alpha value is -1.72. The zero-order valence-electron chi connectivity index (χ0n) is 20.4. The standard InChI is InChI=1S/C27H40O4/c1-18-11-9-13-20(24(3,4)5)22(18)27(31,26(15-28,16-29)17-30)23-19(2)12-10-14-21(23)25(6,7)8/h9-14,28-31H,15-17H2,1-8H3. The van der Waals surface area contributed by atoms with Crippen molar-refractivity contribution in [2.75, 3.05) is 19.8 Å². The van der Waals surface area contributed by atoms with Crippen LogP contribution in [-0.2, 0) is 16.4 Å². The molecule has 0 unspecified atom stereocenters. The predicted octanol–water partition coefficient (Wildman–Crippen LogP) is 4.10. The maximum atomic E-state index is 12.8. The molecule has 0 aromatic heterocycles. The molecule has 0 saturated heterocycles. The zero-order valence-corrected chi connectivity index (χ0v) is 20.4. The summed E-state index contributed by atoms with van der Waals surface area (Å²) in [6.45, 7) is 14.6. The minimum atomic E-state index is -1.83. The van der Waals surface area contributed by atoms with E-state index in [9.17, 15) is 20.4 Å². The highest BCUT2D eigenvalue weighted by atomic mass is 16.3. The van der Waals surface area contributed by atoms with E-state index in [-0.39, 0.29) is 10.8 Å². The molecule has 0 atom stereocenters. The summed E-state index contributed by atoms with van der Waals surface area (Å²) in [4.78, 5) is 0. The molecule has 4 N–H and O–H groups in total. The quantitative estimate of drug-likeness (QED) is 0.558. The van der Waals surface area contributed by atoms with Gasteiger partial charge in [-0.2, -0.15) is 0 Å². The van der Waals surface area contributed by atoms with Crippen molar-refractivity contribution in [1.29, 1.82) is 0 Å². The van der Waals surface area contributed by atoms with Crippen LogP contribution in [-0.4, -0.2) is 40.2 Å². The summed E-state index contributed by atoms with van der Waals surface area (Å²) in [6, 6.07) is 11.8. The fourth-order valence-corrected chi connectivity index (χ4v) is 4.69. The average Bonchev–Trinajstić information content (AvgIpc) is 2.67. The van der Waals surface area contributed by atoms with Crippen molar-refractivity contribution in [2.24, 2.45) is 5.41 Å². The van der Waals surface area contributed by atoms with Gasteiger partial charge in [-0.05, 0) is 58.1 Å². The van der Waals surface area contributed by atoms with Crippen molar-refractivity contribution in [3.63, 3.8) is 0 Å². The van der Waals surface area contributed by atoms with E-state index < -0.39 is 30.8 Å². The van der Waals surface area contributed by atoms with E-state index >= 15 is 0 Å². The fraction of sp³-hybridized carbons (Fsp3) is 0.556. The van der Waals surface area contributed by atoms with E-state index in [1.165, 1.54) is 0 Å². The third-order valence-corrected chi connectivity index (χ3v) is 6.56. The van der Waals surface area contributed by atoms with Crippen LogP contribution < -0.4 is 0 Å². The molecule has 0 amide bonds. The molecule has 0 bridgehead atoms. The van der Waals surface area contributed by atoms with Crippen molar-refractivity contribution in [2.45, 2.75) is 71.8 Å². The molecule has 0 aliphatic carbocycles. The van der Waals surface area contributed by atoms with Crippen molar-refractivity contribution in [3.05, 3.63) is 69.8 Å². The Kier molecular flexibility index (Phi) is 7.14. The Labute approximate surface area is 187 Å². The van der Waals surface area contributed by atoms with Crippen LogP contribution in [0.3, 0.4) is 0 Å². The van der Waals surface area contributed by atoms with Gasteiger partial charge >= 0.3 is 0 Å². The first-order valence-corrected chi connectivity index (χ1v) is 11.0. The summed E-state index contributed by atoms with van der Waals surface area (Å²) in [6.07, 6.45) is 0. The van der Waals surface area contributed by atoms with Crippen molar-refractivity contribution in [3.8, 4) is 0 Å². The molecular weight excluding hydrogens is 388 g/mol. The van der Waals surface area contributed by atoms with Gasteiger partial charge in [-0.15, -0.1) is 0 Å². The molecule has 0 radical (unpaired) electrons. The molecule has 0 fully saturated rings. The van der Waals surface area contributed by atoms with Gasteiger partial charge in [0, 0.05) is 0 Å². The van der Waals surface area contributed by atoms with Crippen molar-refractivity contribution in [1.82, 2.24) is 0 Å². The van der Waals surface area contributed by atoms with E-state index in [2.05, 4.69) is 41.5 Å². The third-order valence-electron chi connectivity index (χ3n) is 6.56. The van der Waals surface area contributed by atoms with Gasteiger partial charge in [0.2, 0.25) is 0 Å². The Morgan fingerprint density at radius 3 is 1.19 bits per heavy atom. The lowest BCUT2D eigenvalue weighted by Crippen LogP contribution is -2.56. The van der Waals surface area contributed by atoms with Crippen molar-refractivity contribution < 1.29 is 20.4 Å². The molecule has 4 nitrogen and oxygen atoms in total. The average molecular weight is 429 g/mol. The lowest BCUT2D eigenvalue weighted by Gasteiger charge is -2.49. The van der Waals surface area contributed by atoms with Gasteiger partial charge in [-0.1, -0.05) is 77.9 Å². The van der Waals surface area contributed by atoms with Crippen LogP contribution >= 0.6 is 0 Å². The van der Waals surface area contributed by atoms with Gasteiger partial charge in [-0.25, -0.2) is 0 Å². The van der Waals surface area contributed by atoms with E-state index in [1.807, 2.05) is 50.2 Å². The minimum absolute atomic E-state index is 0.313.